The van der Waals surface area contributed by atoms with Gasteiger partial charge in [-0.25, -0.2) is 4.98 Å². The van der Waals surface area contributed by atoms with Crippen LogP contribution in [0.2, 0.25) is 0 Å². The van der Waals surface area contributed by atoms with E-state index in [2.05, 4.69) is 15.2 Å². The summed E-state index contributed by atoms with van der Waals surface area (Å²) in [6.45, 7) is 5.51. The van der Waals surface area contributed by atoms with Gasteiger partial charge in [-0.15, -0.1) is 0 Å². The molecule has 1 aromatic heterocycles. The van der Waals surface area contributed by atoms with Crippen LogP contribution >= 0.6 is 0 Å². The summed E-state index contributed by atoms with van der Waals surface area (Å²) >= 11 is 0. The molecule has 1 saturated heterocycles. The van der Waals surface area contributed by atoms with Gasteiger partial charge < -0.3 is 24.6 Å². The topological polar surface area (TPSA) is 84.0 Å². The molecular formula is C20H22N4O4. The number of benzene rings is 1. The van der Waals surface area contributed by atoms with E-state index < -0.39 is 0 Å². The molecule has 1 N–H and O–H groups in total. The molecule has 4 rings (SSSR count). The maximum absolute atomic E-state index is 12.5. The third-order valence-corrected chi connectivity index (χ3v) is 4.87. The fraction of sp³-hybridized carbons (Fsp3) is 0.350. The molecule has 8 heteroatoms. The summed E-state index contributed by atoms with van der Waals surface area (Å²) in [6.07, 6.45) is 1.70. The Kier molecular flexibility index (Phi) is 5.01. The van der Waals surface area contributed by atoms with Crippen molar-refractivity contribution in [1.82, 2.24) is 9.88 Å². The number of anilines is 2. The van der Waals surface area contributed by atoms with E-state index in [1.54, 1.807) is 37.4 Å². The molecule has 0 aliphatic carbocycles. The van der Waals surface area contributed by atoms with E-state index in [0.717, 1.165) is 18.8 Å². The van der Waals surface area contributed by atoms with Crippen molar-refractivity contribution in [2.45, 2.75) is 6.92 Å². The third-order valence-electron chi connectivity index (χ3n) is 4.87. The number of pyridine rings is 1. The van der Waals surface area contributed by atoms with Crippen molar-refractivity contribution < 1.29 is 19.1 Å². The Morgan fingerprint density at radius 1 is 1.00 bits per heavy atom. The predicted octanol–water partition coefficient (Wildman–Crippen LogP) is 1.77. The highest BCUT2D eigenvalue weighted by atomic mass is 16.6. The van der Waals surface area contributed by atoms with Crippen molar-refractivity contribution in [2.24, 2.45) is 0 Å². The zero-order valence-electron chi connectivity index (χ0n) is 15.7. The second-order valence-electron chi connectivity index (χ2n) is 6.71. The normalized spacial score (nSPS) is 15.9. The summed E-state index contributed by atoms with van der Waals surface area (Å²) in [7, 11) is 0. The van der Waals surface area contributed by atoms with Crippen LogP contribution in [0.1, 0.15) is 17.4 Å². The summed E-state index contributed by atoms with van der Waals surface area (Å²) in [4.78, 5) is 32.2. The van der Waals surface area contributed by atoms with Crippen LogP contribution in [0.4, 0.5) is 11.4 Å². The van der Waals surface area contributed by atoms with Crippen LogP contribution in [0.5, 0.6) is 11.5 Å². The number of carbonyl (C=O) groups excluding carboxylic acids is 2. The van der Waals surface area contributed by atoms with Crippen LogP contribution in [0, 0.1) is 0 Å². The van der Waals surface area contributed by atoms with Crippen molar-refractivity contribution in [3.63, 3.8) is 0 Å². The van der Waals surface area contributed by atoms with Gasteiger partial charge in [0.2, 0.25) is 5.91 Å². The number of carbonyl (C=O) groups is 2. The van der Waals surface area contributed by atoms with Gasteiger partial charge in [-0.3, -0.25) is 9.59 Å². The van der Waals surface area contributed by atoms with E-state index in [-0.39, 0.29) is 11.8 Å². The largest absolute Gasteiger partial charge is 0.486 e. The molecule has 0 unspecified atom stereocenters. The Hall–Kier alpha value is -3.29. The quantitative estimate of drug-likeness (QED) is 0.871. The Labute approximate surface area is 163 Å². The molecule has 2 aromatic rings. The molecule has 0 bridgehead atoms. The number of ether oxygens (including phenoxy) is 2. The van der Waals surface area contributed by atoms with Gasteiger partial charge in [0, 0.05) is 44.9 Å². The molecule has 1 aromatic carbocycles. The summed E-state index contributed by atoms with van der Waals surface area (Å²) in [5.74, 6) is 1.11. The first-order valence-corrected chi connectivity index (χ1v) is 9.28. The molecular weight excluding hydrogens is 360 g/mol. The van der Waals surface area contributed by atoms with E-state index in [4.69, 9.17) is 9.47 Å². The second-order valence-corrected chi connectivity index (χ2v) is 6.71. The number of aromatic nitrogens is 1. The molecule has 28 heavy (non-hydrogen) atoms. The zero-order chi connectivity index (χ0) is 19.5. The molecule has 8 nitrogen and oxygen atoms in total. The zero-order valence-corrected chi connectivity index (χ0v) is 15.7. The number of amides is 2. The monoisotopic (exact) mass is 382 g/mol. The molecule has 3 heterocycles. The number of hydrogen-bond acceptors (Lipinski definition) is 6. The Bertz CT molecular complexity index is 876. The lowest BCUT2D eigenvalue weighted by Gasteiger charge is -2.35. The molecule has 0 radical (unpaired) electrons. The van der Waals surface area contributed by atoms with Gasteiger partial charge in [-0.05, 0) is 24.3 Å². The first kappa shape index (κ1) is 18.1. The molecule has 146 valence electrons. The average molecular weight is 382 g/mol. The van der Waals surface area contributed by atoms with Crippen LogP contribution in [0.25, 0.3) is 0 Å². The summed E-state index contributed by atoms with van der Waals surface area (Å²) in [6, 6.07) is 8.89. The third kappa shape index (κ3) is 3.85. The van der Waals surface area contributed by atoms with Gasteiger partial charge >= 0.3 is 0 Å². The van der Waals surface area contributed by atoms with Gasteiger partial charge in [0.1, 0.15) is 18.9 Å². The smallest absolute Gasteiger partial charge is 0.274 e. The molecule has 2 aliphatic rings. The van der Waals surface area contributed by atoms with Crippen LogP contribution < -0.4 is 19.7 Å². The van der Waals surface area contributed by atoms with Crippen LogP contribution in [-0.2, 0) is 4.79 Å². The summed E-state index contributed by atoms with van der Waals surface area (Å²) < 4.78 is 11.0. The minimum Gasteiger partial charge on any atom is -0.486 e. The standard InChI is InChI=1S/C20H22N4O4/c1-14(25)23-6-8-24(9-7-23)16-3-4-17(21-13-16)20(26)22-15-2-5-18-19(12-15)28-11-10-27-18/h2-5,12-13H,6-11H2,1H3,(H,22,26). The highest BCUT2D eigenvalue weighted by Crippen LogP contribution is 2.32. The minimum atomic E-state index is -0.287. The lowest BCUT2D eigenvalue weighted by Crippen LogP contribution is -2.48. The average Bonchev–Trinajstić information content (AvgIpc) is 2.74. The van der Waals surface area contributed by atoms with Crippen LogP contribution in [0.15, 0.2) is 36.5 Å². The SMILES string of the molecule is CC(=O)N1CCN(c2ccc(C(=O)Nc3ccc4c(c3)OCCO4)nc2)CC1. The number of fused-ring (bicyclic) bond motifs is 1. The number of piperazine rings is 1. The van der Waals surface area contributed by atoms with Crippen LogP contribution in [-0.4, -0.2) is 61.1 Å². The predicted molar refractivity (Wildman–Crippen MR) is 104 cm³/mol. The maximum Gasteiger partial charge on any atom is 0.274 e. The van der Waals surface area contributed by atoms with Gasteiger partial charge in [-0.1, -0.05) is 0 Å². The Morgan fingerprint density at radius 2 is 1.75 bits per heavy atom. The van der Waals surface area contributed by atoms with E-state index in [1.165, 1.54) is 0 Å². The fourth-order valence-corrected chi connectivity index (χ4v) is 3.30. The minimum absolute atomic E-state index is 0.101. The number of nitrogens with one attached hydrogen (secondary N) is 1. The van der Waals surface area contributed by atoms with Crippen molar-refractivity contribution >= 4 is 23.2 Å². The van der Waals surface area contributed by atoms with Gasteiger partial charge in [0.25, 0.3) is 5.91 Å². The van der Waals surface area contributed by atoms with Gasteiger partial charge in [-0.2, -0.15) is 0 Å². The first-order chi connectivity index (χ1) is 13.6. The summed E-state index contributed by atoms with van der Waals surface area (Å²) in [5, 5.41) is 2.83. The molecule has 2 aliphatic heterocycles. The molecule has 0 atom stereocenters. The van der Waals surface area contributed by atoms with Gasteiger partial charge in [0.05, 0.1) is 11.9 Å². The van der Waals surface area contributed by atoms with Crippen molar-refractivity contribution in [1.29, 1.82) is 0 Å². The highest BCUT2D eigenvalue weighted by Gasteiger charge is 2.19. The molecule has 2 amide bonds. The molecule has 0 spiro atoms. The van der Waals surface area contributed by atoms with E-state index >= 15 is 0 Å². The van der Waals surface area contributed by atoms with Crippen molar-refractivity contribution in [3.05, 3.63) is 42.2 Å². The Balaban J connectivity index is 1.38. The molecule has 1 fully saturated rings. The summed E-state index contributed by atoms with van der Waals surface area (Å²) in [5.41, 5.74) is 1.90. The number of nitrogens with zero attached hydrogens (tertiary/aromatic N) is 3. The first-order valence-electron chi connectivity index (χ1n) is 9.28. The van der Waals surface area contributed by atoms with E-state index in [1.807, 2.05) is 11.0 Å². The van der Waals surface area contributed by atoms with Crippen LogP contribution in [0.3, 0.4) is 0 Å². The van der Waals surface area contributed by atoms with E-state index in [0.29, 0.717) is 49.2 Å². The molecule has 0 saturated carbocycles. The Morgan fingerprint density at radius 3 is 2.43 bits per heavy atom. The van der Waals surface area contributed by atoms with Crippen molar-refractivity contribution in [3.8, 4) is 11.5 Å². The second kappa shape index (κ2) is 7.75. The lowest BCUT2D eigenvalue weighted by atomic mass is 10.2. The highest BCUT2D eigenvalue weighted by molar-refractivity contribution is 6.03. The number of hydrogen-bond donors (Lipinski definition) is 1. The lowest BCUT2D eigenvalue weighted by molar-refractivity contribution is -0.129. The van der Waals surface area contributed by atoms with E-state index in [9.17, 15) is 9.59 Å². The van der Waals surface area contributed by atoms with Crippen molar-refractivity contribution in [2.75, 3.05) is 49.6 Å². The maximum atomic E-state index is 12.5. The van der Waals surface area contributed by atoms with Gasteiger partial charge in [0.15, 0.2) is 11.5 Å². The fourth-order valence-electron chi connectivity index (χ4n) is 3.30. The number of rotatable bonds is 3.